The van der Waals surface area contributed by atoms with Gasteiger partial charge in [-0.25, -0.2) is 9.97 Å². The largest absolute Gasteiger partial charge is 0.436 e. The van der Waals surface area contributed by atoms with E-state index in [1.165, 1.54) is 50.1 Å². The molecule has 9 aromatic carbocycles. The fourth-order valence-corrected chi connectivity index (χ4v) is 11.2. The van der Waals surface area contributed by atoms with Crippen molar-refractivity contribution in [1.29, 1.82) is 0 Å². The van der Waals surface area contributed by atoms with E-state index < -0.39 is 0 Å². The lowest BCUT2D eigenvalue weighted by molar-refractivity contribution is 0.610. The van der Waals surface area contributed by atoms with Gasteiger partial charge in [-0.05, 0) is 86.3 Å². The normalized spacial score (nSPS) is 14.0. The summed E-state index contributed by atoms with van der Waals surface area (Å²) in [6, 6.07) is 75.4. The predicted molar refractivity (Wildman–Crippen MR) is 273 cm³/mol. The van der Waals surface area contributed by atoms with Crippen molar-refractivity contribution in [3.8, 4) is 62.2 Å². The number of rotatable bonds is 7. The van der Waals surface area contributed by atoms with Crippen LogP contribution in [0.25, 0.3) is 95.1 Å². The highest BCUT2D eigenvalue weighted by molar-refractivity contribution is 6.12. The Morgan fingerprint density at radius 3 is 1.79 bits per heavy atom. The first kappa shape index (κ1) is 38.5. The molecule has 0 spiro atoms. The Morgan fingerprint density at radius 2 is 1.04 bits per heavy atom. The molecule has 0 amide bonds. The lowest BCUT2D eigenvalue weighted by atomic mass is 9.75. The highest BCUT2D eigenvalue weighted by Gasteiger charge is 2.33. The van der Waals surface area contributed by atoms with Gasteiger partial charge in [0.05, 0.1) is 11.0 Å². The van der Waals surface area contributed by atoms with Gasteiger partial charge in [0.2, 0.25) is 11.8 Å². The first-order valence-electron chi connectivity index (χ1n) is 23.4. The van der Waals surface area contributed by atoms with Gasteiger partial charge in [-0.2, -0.15) is 9.97 Å². The van der Waals surface area contributed by atoms with Gasteiger partial charge in [-0.15, -0.1) is 0 Å². The Kier molecular flexibility index (Phi) is 8.74. The minimum Gasteiger partial charge on any atom is -0.436 e. The molecule has 6 heteroatoms. The minimum absolute atomic E-state index is 0.00820. The average molecular weight is 872 g/mol. The SMILES string of the molecule is c1ccc(-c2ccc(-c3nc(CC4c5ccccc5-c5ccccc54)nc(-n4c5ccccc5c5ccc6c(c54)CC(c4cccc5nc(-c7ccccc7)oc45)c4ccccc4-6)n3)cc2)cc1. The summed E-state index contributed by atoms with van der Waals surface area (Å²) in [6.07, 6.45) is 1.36. The van der Waals surface area contributed by atoms with Gasteiger partial charge in [0.15, 0.2) is 11.4 Å². The Bertz CT molecular complexity index is 3880. The summed E-state index contributed by atoms with van der Waals surface area (Å²) in [5.74, 6) is 2.71. The molecule has 1 atom stereocenters. The average Bonchev–Trinajstić information content (AvgIpc) is 4.10. The van der Waals surface area contributed by atoms with E-state index in [2.05, 4.69) is 199 Å². The number of hydrogen-bond donors (Lipinski definition) is 0. The van der Waals surface area contributed by atoms with E-state index in [9.17, 15) is 0 Å². The maximum Gasteiger partial charge on any atom is 0.238 e. The van der Waals surface area contributed by atoms with Crippen LogP contribution in [0.4, 0.5) is 0 Å². The summed E-state index contributed by atoms with van der Waals surface area (Å²) in [5, 5.41) is 2.32. The van der Waals surface area contributed by atoms with Crippen molar-refractivity contribution in [2.24, 2.45) is 0 Å². The van der Waals surface area contributed by atoms with Crippen LogP contribution in [0.1, 0.15) is 45.5 Å². The third-order valence-electron chi connectivity index (χ3n) is 14.3. The maximum absolute atomic E-state index is 6.73. The lowest BCUT2D eigenvalue weighted by Crippen LogP contribution is -2.15. The molecule has 0 fully saturated rings. The molecule has 0 saturated heterocycles. The number of oxazole rings is 1. The quantitative estimate of drug-likeness (QED) is 0.160. The molecule has 320 valence electrons. The number of nitrogens with zero attached hydrogens (tertiary/aromatic N) is 5. The summed E-state index contributed by atoms with van der Waals surface area (Å²) in [7, 11) is 0. The van der Waals surface area contributed by atoms with Gasteiger partial charge < -0.3 is 4.42 Å². The van der Waals surface area contributed by atoms with Gasteiger partial charge in [0, 0.05) is 45.7 Å². The zero-order chi connectivity index (χ0) is 44.7. The zero-order valence-corrected chi connectivity index (χ0v) is 36.9. The smallest absolute Gasteiger partial charge is 0.238 e. The highest BCUT2D eigenvalue weighted by atomic mass is 16.3. The molecule has 68 heavy (non-hydrogen) atoms. The van der Waals surface area contributed by atoms with E-state index in [0.29, 0.717) is 24.1 Å². The van der Waals surface area contributed by atoms with Gasteiger partial charge >= 0.3 is 0 Å². The second-order valence-corrected chi connectivity index (χ2v) is 18.0. The molecule has 12 aromatic rings. The summed E-state index contributed by atoms with van der Waals surface area (Å²) in [6.45, 7) is 0. The Balaban J connectivity index is 0.981. The van der Waals surface area contributed by atoms with Gasteiger partial charge in [0.1, 0.15) is 11.3 Å². The molecule has 0 N–H and O–H groups in total. The fourth-order valence-electron chi connectivity index (χ4n) is 11.2. The van der Waals surface area contributed by atoms with Crippen LogP contribution in [0.15, 0.2) is 217 Å². The molecule has 14 rings (SSSR count). The van der Waals surface area contributed by atoms with Crippen molar-refractivity contribution >= 4 is 32.9 Å². The first-order chi connectivity index (χ1) is 33.7. The number of fused-ring (bicyclic) bond motifs is 11. The van der Waals surface area contributed by atoms with Crippen molar-refractivity contribution in [1.82, 2.24) is 24.5 Å². The topological polar surface area (TPSA) is 69.6 Å². The molecule has 0 bridgehead atoms. The van der Waals surface area contributed by atoms with Crippen LogP contribution >= 0.6 is 0 Å². The number of para-hydroxylation sites is 2. The number of benzene rings is 9. The molecule has 0 saturated carbocycles. The van der Waals surface area contributed by atoms with E-state index in [0.717, 1.165) is 67.4 Å². The Labute approximate surface area is 392 Å². The molecule has 2 aliphatic rings. The standard InChI is InChI=1S/C62H41N5O/c1-3-16-38(17-4-1)39-30-32-40(33-31-39)60-64-57(37-53-46-24-11-7-20-42(46)43-21-8-12-25-47(43)53)65-62(66-60)67-56-29-14-13-26-49(56)50-35-34-48-44-22-9-10-23-45(44)52(36-54(48)58(50)67)51-27-15-28-55-59(51)68-61(63-55)41-18-5-2-6-19-41/h1-35,52-53H,36-37H2. The maximum atomic E-state index is 6.73. The van der Waals surface area contributed by atoms with Crippen LogP contribution in [0, 0.1) is 0 Å². The van der Waals surface area contributed by atoms with Gasteiger partial charge in [-0.3, -0.25) is 4.57 Å². The molecule has 6 nitrogen and oxygen atoms in total. The molecule has 3 aromatic heterocycles. The third-order valence-corrected chi connectivity index (χ3v) is 14.3. The van der Waals surface area contributed by atoms with Crippen molar-refractivity contribution in [2.45, 2.75) is 24.7 Å². The molecule has 0 radical (unpaired) electrons. The number of aromatic nitrogens is 5. The van der Waals surface area contributed by atoms with E-state index >= 15 is 0 Å². The predicted octanol–water partition coefficient (Wildman–Crippen LogP) is 14.8. The summed E-state index contributed by atoms with van der Waals surface area (Å²) < 4.78 is 9.05. The van der Waals surface area contributed by atoms with E-state index in [1.54, 1.807) is 0 Å². The van der Waals surface area contributed by atoms with Crippen molar-refractivity contribution in [3.63, 3.8) is 0 Å². The van der Waals surface area contributed by atoms with Gasteiger partial charge in [0.25, 0.3) is 0 Å². The summed E-state index contributed by atoms with van der Waals surface area (Å²) >= 11 is 0. The van der Waals surface area contributed by atoms with Gasteiger partial charge in [-0.1, -0.05) is 188 Å². The second kappa shape index (κ2) is 15.4. The van der Waals surface area contributed by atoms with E-state index in [4.69, 9.17) is 24.4 Å². The van der Waals surface area contributed by atoms with Crippen LogP contribution in [-0.2, 0) is 12.8 Å². The fraction of sp³-hybridized carbons (Fsp3) is 0.0645. The number of hydrogen-bond acceptors (Lipinski definition) is 5. The monoisotopic (exact) mass is 871 g/mol. The molecule has 3 heterocycles. The molecule has 0 aliphatic heterocycles. The van der Waals surface area contributed by atoms with Crippen LogP contribution in [-0.4, -0.2) is 24.5 Å². The van der Waals surface area contributed by atoms with Crippen molar-refractivity contribution in [2.75, 3.05) is 0 Å². The third kappa shape index (κ3) is 6.11. The van der Waals surface area contributed by atoms with Crippen LogP contribution in [0.5, 0.6) is 0 Å². The van der Waals surface area contributed by atoms with Crippen molar-refractivity contribution in [3.05, 3.63) is 246 Å². The second-order valence-electron chi connectivity index (χ2n) is 18.0. The summed E-state index contributed by atoms with van der Waals surface area (Å²) in [4.78, 5) is 21.4. The van der Waals surface area contributed by atoms with Crippen LogP contribution in [0.2, 0.25) is 0 Å². The lowest BCUT2D eigenvalue weighted by Gasteiger charge is -2.29. The molecule has 2 aliphatic carbocycles. The Hall–Kier alpha value is -8.74. The minimum atomic E-state index is -0.00820. The van der Waals surface area contributed by atoms with Crippen LogP contribution < -0.4 is 0 Å². The first-order valence-corrected chi connectivity index (χ1v) is 23.4. The van der Waals surface area contributed by atoms with Crippen molar-refractivity contribution < 1.29 is 4.42 Å². The molecular weight excluding hydrogens is 831 g/mol. The highest BCUT2D eigenvalue weighted by Crippen LogP contribution is 2.49. The van der Waals surface area contributed by atoms with E-state index in [1.807, 2.05) is 18.2 Å². The Morgan fingerprint density at radius 1 is 0.441 bits per heavy atom. The zero-order valence-electron chi connectivity index (χ0n) is 36.9. The summed E-state index contributed by atoms with van der Waals surface area (Å²) in [5.41, 5.74) is 19.3. The van der Waals surface area contributed by atoms with E-state index in [-0.39, 0.29) is 11.8 Å². The molecular formula is C62H41N5O. The van der Waals surface area contributed by atoms with Crippen LogP contribution in [0.3, 0.4) is 0 Å². The molecule has 1 unspecified atom stereocenters.